The van der Waals surface area contributed by atoms with Crippen LogP contribution in [0, 0.1) is 7.14 Å². The summed E-state index contributed by atoms with van der Waals surface area (Å²) in [5.41, 5.74) is 0.791. The lowest BCUT2D eigenvalue weighted by Gasteiger charge is -2.08. The predicted octanol–water partition coefficient (Wildman–Crippen LogP) is 4.19. The number of hydrogen-bond donors (Lipinski definition) is 2. The molecule has 0 bridgehead atoms. The lowest BCUT2D eigenvalue weighted by molar-refractivity contribution is -0.131. The molecule has 0 unspecified atom stereocenters. The predicted molar refractivity (Wildman–Crippen MR) is 110 cm³/mol. The maximum Gasteiger partial charge on any atom is 0.342 e. The number of nitrogens with one attached hydrogen (secondary N) is 1. The van der Waals surface area contributed by atoms with E-state index in [1.165, 1.54) is 0 Å². The molecule has 2 rings (SSSR count). The van der Waals surface area contributed by atoms with Crippen molar-refractivity contribution in [1.29, 1.82) is 0 Å². The summed E-state index contributed by atoms with van der Waals surface area (Å²) in [7, 11) is 1.62. The van der Waals surface area contributed by atoms with E-state index in [1.807, 2.05) is 19.1 Å². The van der Waals surface area contributed by atoms with Gasteiger partial charge < -0.3 is 9.84 Å². The molecular formula is C15H15I2N3O3S. The minimum atomic E-state index is -1.01. The van der Waals surface area contributed by atoms with E-state index in [-0.39, 0.29) is 4.91 Å². The summed E-state index contributed by atoms with van der Waals surface area (Å²) < 4.78 is 7.17. The second-order valence-corrected chi connectivity index (χ2v) is 8.08. The molecule has 0 saturated heterocycles. The molecule has 0 spiro atoms. The van der Waals surface area contributed by atoms with Crippen LogP contribution in [0.4, 0.5) is 0 Å². The van der Waals surface area contributed by atoms with Crippen LogP contribution in [0.5, 0.6) is 5.75 Å². The van der Waals surface area contributed by atoms with Crippen LogP contribution in [0.2, 0.25) is 0 Å². The molecule has 0 aliphatic rings. The Labute approximate surface area is 171 Å². The summed E-state index contributed by atoms with van der Waals surface area (Å²) in [4.78, 5) is 16.0. The number of aryl methyl sites for hydroxylation is 1. The number of carboxylic acids is 1. The van der Waals surface area contributed by atoms with Gasteiger partial charge in [0.15, 0.2) is 0 Å². The van der Waals surface area contributed by atoms with Gasteiger partial charge in [-0.15, -0.1) is 5.10 Å². The molecule has 1 aromatic heterocycles. The maximum absolute atomic E-state index is 11.6. The molecule has 0 atom stereocenters. The van der Waals surface area contributed by atoms with E-state index in [0.29, 0.717) is 5.16 Å². The van der Waals surface area contributed by atoms with Gasteiger partial charge in [-0.25, -0.2) is 9.78 Å². The molecule has 0 radical (unpaired) electrons. The average molecular weight is 571 g/mol. The Morgan fingerprint density at radius 3 is 2.62 bits per heavy atom. The zero-order chi connectivity index (χ0) is 17.7. The minimum absolute atomic E-state index is 0.161. The number of carboxylic acid groups (broad SMARTS) is 1. The van der Waals surface area contributed by atoms with E-state index < -0.39 is 5.97 Å². The number of aromatic nitrogens is 3. The highest BCUT2D eigenvalue weighted by atomic mass is 127. The quantitative estimate of drug-likeness (QED) is 0.295. The largest absolute Gasteiger partial charge is 0.495 e. The molecule has 2 N–H and O–H groups in total. The lowest BCUT2D eigenvalue weighted by atomic mass is 10.2. The topological polar surface area (TPSA) is 88.1 Å². The Bertz CT molecular complexity index is 754. The van der Waals surface area contributed by atoms with Crippen molar-refractivity contribution in [2.24, 2.45) is 0 Å². The van der Waals surface area contributed by atoms with Gasteiger partial charge in [0.2, 0.25) is 5.16 Å². The Balaban J connectivity index is 2.29. The van der Waals surface area contributed by atoms with Gasteiger partial charge in [-0.2, -0.15) is 0 Å². The average Bonchev–Trinajstić information content (AvgIpc) is 2.94. The number of halogens is 2. The van der Waals surface area contributed by atoms with E-state index in [2.05, 4.69) is 60.4 Å². The number of ether oxygens (including phenoxy) is 1. The monoisotopic (exact) mass is 571 g/mol. The summed E-state index contributed by atoms with van der Waals surface area (Å²) in [5.74, 6) is 0.539. The van der Waals surface area contributed by atoms with Gasteiger partial charge in [-0.05, 0) is 87.1 Å². The third-order valence-corrected chi connectivity index (χ3v) is 5.41. The summed E-state index contributed by atoms with van der Waals surface area (Å²) >= 11 is 5.37. The standard InChI is InChI=1S/C15H15I2N3O3S/c1-3-4-12-18-15(20-19-12)24-11(14(21)22)7-8-5-9(16)13(23-2)10(17)6-8/h5-7H,3-4H2,1-2H3,(H,21,22)(H,18,19,20)/b11-7-. The third-order valence-electron chi connectivity index (χ3n) is 2.93. The molecule has 0 saturated carbocycles. The van der Waals surface area contributed by atoms with Crippen molar-refractivity contribution < 1.29 is 14.6 Å². The van der Waals surface area contributed by atoms with E-state index in [1.54, 1.807) is 13.2 Å². The van der Waals surface area contributed by atoms with Crippen molar-refractivity contribution >= 4 is 69.0 Å². The van der Waals surface area contributed by atoms with Gasteiger partial charge in [0.1, 0.15) is 16.5 Å². The Morgan fingerprint density at radius 1 is 1.42 bits per heavy atom. The molecule has 128 valence electrons. The third kappa shape index (κ3) is 5.09. The van der Waals surface area contributed by atoms with E-state index >= 15 is 0 Å². The number of hydrogen-bond acceptors (Lipinski definition) is 5. The number of methoxy groups -OCH3 is 1. The molecule has 24 heavy (non-hydrogen) atoms. The molecule has 0 aliphatic heterocycles. The molecule has 1 aromatic carbocycles. The zero-order valence-corrected chi connectivity index (χ0v) is 18.1. The fraction of sp³-hybridized carbons (Fsp3) is 0.267. The van der Waals surface area contributed by atoms with Crippen molar-refractivity contribution in [2.75, 3.05) is 7.11 Å². The van der Waals surface area contributed by atoms with Crippen molar-refractivity contribution in [1.82, 2.24) is 15.2 Å². The molecule has 0 aliphatic carbocycles. The second-order valence-electron chi connectivity index (χ2n) is 4.75. The summed E-state index contributed by atoms with van der Waals surface area (Å²) in [6.07, 6.45) is 3.35. The van der Waals surface area contributed by atoms with Crippen LogP contribution in [0.3, 0.4) is 0 Å². The minimum Gasteiger partial charge on any atom is -0.495 e. The van der Waals surface area contributed by atoms with Gasteiger partial charge in [-0.1, -0.05) is 6.92 Å². The molecule has 2 aromatic rings. The van der Waals surface area contributed by atoms with Gasteiger partial charge in [-0.3, -0.25) is 5.10 Å². The maximum atomic E-state index is 11.6. The van der Waals surface area contributed by atoms with E-state index in [9.17, 15) is 9.90 Å². The van der Waals surface area contributed by atoms with E-state index in [4.69, 9.17) is 4.74 Å². The summed E-state index contributed by atoms with van der Waals surface area (Å²) in [5, 5.41) is 16.8. The molecular weight excluding hydrogens is 556 g/mol. The van der Waals surface area contributed by atoms with E-state index in [0.717, 1.165) is 48.9 Å². The van der Waals surface area contributed by atoms with Gasteiger partial charge in [0.25, 0.3) is 0 Å². The summed E-state index contributed by atoms with van der Waals surface area (Å²) in [6, 6.07) is 3.76. The number of aromatic amines is 1. The van der Waals surface area contributed by atoms with Crippen LogP contribution < -0.4 is 4.74 Å². The fourth-order valence-corrected chi connectivity index (χ4v) is 4.90. The first-order valence-electron chi connectivity index (χ1n) is 7.01. The highest BCUT2D eigenvalue weighted by Crippen LogP contribution is 2.31. The first-order valence-corrected chi connectivity index (χ1v) is 9.99. The highest BCUT2D eigenvalue weighted by molar-refractivity contribution is 14.1. The van der Waals surface area contributed by atoms with Gasteiger partial charge in [0, 0.05) is 6.42 Å². The van der Waals surface area contributed by atoms with Crippen molar-refractivity contribution in [3.05, 3.63) is 35.6 Å². The summed E-state index contributed by atoms with van der Waals surface area (Å²) in [6.45, 7) is 2.05. The molecule has 0 amide bonds. The highest BCUT2D eigenvalue weighted by Gasteiger charge is 2.15. The normalized spacial score (nSPS) is 11.6. The molecule has 6 nitrogen and oxygen atoms in total. The van der Waals surface area contributed by atoms with Crippen molar-refractivity contribution in [3.8, 4) is 5.75 Å². The lowest BCUT2D eigenvalue weighted by Crippen LogP contribution is -1.98. The fourth-order valence-electron chi connectivity index (χ4n) is 1.91. The van der Waals surface area contributed by atoms with Crippen LogP contribution in [-0.2, 0) is 11.2 Å². The zero-order valence-electron chi connectivity index (χ0n) is 13.0. The van der Waals surface area contributed by atoms with Crippen LogP contribution in [0.15, 0.2) is 22.2 Å². The molecule has 0 fully saturated rings. The number of aliphatic carboxylic acids is 1. The Morgan fingerprint density at radius 2 is 2.08 bits per heavy atom. The first-order chi connectivity index (χ1) is 11.4. The molecule has 1 heterocycles. The van der Waals surface area contributed by atoms with Gasteiger partial charge >= 0.3 is 5.97 Å². The first kappa shape index (κ1) is 19.5. The number of carbonyl (C=O) groups is 1. The molecule has 9 heteroatoms. The number of benzene rings is 1. The van der Waals surface area contributed by atoms with Gasteiger partial charge in [0.05, 0.1) is 14.3 Å². The van der Waals surface area contributed by atoms with Crippen LogP contribution in [-0.4, -0.2) is 33.4 Å². The van der Waals surface area contributed by atoms with Crippen molar-refractivity contribution in [2.45, 2.75) is 24.9 Å². The number of H-pyrrole nitrogens is 1. The number of thioether (sulfide) groups is 1. The van der Waals surface area contributed by atoms with Crippen LogP contribution in [0.1, 0.15) is 24.7 Å². The Hall–Kier alpha value is -0.820. The number of nitrogens with zero attached hydrogens (tertiary/aromatic N) is 2. The SMILES string of the molecule is CCCc1nc(S/C(=C\c2cc(I)c(OC)c(I)c2)C(=O)O)n[nH]1. The smallest absolute Gasteiger partial charge is 0.342 e. The van der Waals surface area contributed by atoms with Crippen molar-refractivity contribution in [3.63, 3.8) is 0 Å². The second kappa shape index (κ2) is 9.04. The Kier molecular flexibility index (Phi) is 7.34. The van der Waals surface area contributed by atoms with Crippen LogP contribution >= 0.6 is 56.9 Å². The number of rotatable bonds is 7. The van der Waals surface area contributed by atoms with Crippen LogP contribution in [0.25, 0.3) is 6.08 Å².